The number of nitrogens with one attached hydrogen (secondary N) is 1. The summed E-state index contributed by atoms with van der Waals surface area (Å²) in [4.78, 5) is 16.3. The van der Waals surface area contributed by atoms with E-state index < -0.39 is 0 Å². The first-order valence-electron chi connectivity index (χ1n) is 7.65. The number of thiazole rings is 1. The number of hydrogen-bond acceptors (Lipinski definition) is 5. The van der Waals surface area contributed by atoms with Crippen LogP contribution in [0.4, 0.5) is 0 Å². The lowest BCUT2D eigenvalue weighted by atomic mass is 10.2. The summed E-state index contributed by atoms with van der Waals surface area (Å²) in [6.45, 7) is 3.38. The minimum atomic E-state index is -0.115. The van der Waals surface area contributed by atoms with Crippen LogP contribution in [0.2, 0.25) is 0 Å². The van der Waals surface area contributed by atoms with Crippen LogP contribution in [0.15, 0.2) is 48.2 Å². The molecule has 2 heterocycles. The maximum Gasteiger partial charge on any atom is 0.278 e. The molecule has 7 heteroatoms. The van der Waals surface area contributed by atoms with Crippen LogP contribution in [0.1, 0.15) is 22.3 Å². The zero-order chi connectivity index (χ0) is 16.8. The molecule has 24 heavy (non-hydrogen) atoms. The third-order valence-corrected chi connectivity index (χ3v) is 3.97. The Morgan fingerprint density at radius 3 is 3.08 bits per heavy atom. The molecule has 0 atom stereocenters. The van der Waals surface area contributed by atoms with E-state index in [-0.39, 0.29) is 5.91 Å². The van der Waals surface area contributed by atoms with Gasteiger partial charge in [-0.05, 0) is 37.1 Å². The zero-order valence-corrected chi connectivity index (χ0v) is 14.1. The highest BCUT2D eigenvalue weighted by Crippen LogP contribution is 2.23. The second kappa shape index (κ2) is 7.74. The number of ether oxygens (including phenoxy) is 1. The Morgan fingerprint density at radius 1 is 1.42 bits per heavy atom. The van der Waals surface area contributed by atoms with Crippen molar-refractivity contribution in [2.75, 3.05) is 6.54 Å². The first kappa shape index (κ1) is 16.2. The second-order valence-corrected chi connectivity index (χ2v) is 6.18. The molecule has 2 aromatic heterocycles. The van der Waals surface area contributed by atoms with Crippen molar-refractivity contribution in [2.45, 2.75) is 19.9 Å². The van der Waals surface area contributed by atoms with Crippen molar-refractivity contribution in [3.8, 4) is 10.9 Å². The average Bonchev–Trinajstić information content (AvgIpc) is 3.23. The van der Waals surface area contributed by atoms with Gasteiger partial charge in [0.05, 0.1) is 6.20 Å². The average molecular weight is 342 g/mol. The molecule has 0 radical (unpaired) electrons. The van der Waals surface area contributed by atoms with Gasteiger partial charge in [-0.25, -0.2) is 4.98 Å². The molecule has 0 spiro atoms. The van der Waals surface area contributed by atoms with Crippen molar-refractivity contribution in [3.63, 3.8) is 0 Å². The SMILES string of the molecule is Cc1cnn(CCCNC(=O)c2cccc(Oc3nccs3)c2)c1. The van der Waals surface area contributed by atoms with Crippen molar-refractivity contribution in [2.24, 2.45) is 0 Å². The van der Waals surface area contributed by atoms with Crippen molar-refractivity contribution in [1.29, 1.82) is 0 Å². The second-order valence-electron chi connectivity index (χ2n) is 5.32. The molecule has 0 unspecified atom stereocenters. The van der Waals surface area contributed by atoms with Crippen LogP contribution in [0.25, 0.3) is 0 Å². The molecule has 6 nitrogen and oxygen atoms in total. The summed E-state index contributed by atoms with van der Waals surface area (Å²) >= 11 is 1.41. The smallest absolute Gasteiger partial charge is 0.278 e. The lowest BCUT2D eigenvalue weighted by Crippen LogP contribution is -2.25. The largest absolute Gasteiger partial charge is 0.431 e. The summed E-state index contributed by atoms with van der Waals surface area (Å²) in [6, 6.07) is 7.08. The van der Waals surface area contributed by atoms with Crippen LogP contribution in [0.5, 0.6) is 10.9 Å². The maximum atomic E-state index is 12.2. The molecule has 124 valence electrons. The molecule has 1 N–H and O–H groups in total. The molecule has 1 aromatic carbocycles. The van der Waals surface area contributed by atoms with Gasteiger partial charge in [0, 0.05) is 36.4 Å². The number of rotatable bonds is 7. The van der Waals surface area contributed by atoms with E-state index in [9.17, 15) is 4.79 Å². The zero-order valence-electron chi connectivity index (χ0n) is 13.3. The summed E-state index contributed by atoms with van der Waals surface area (Å²) in [5, 5.41) is 9.53. The number of aromatic nitrogens is 3. The Bertz CT molecular complexity index is 799. The monoisotopic (exact) mass is 342 g/mol. The fourth-order valence-corrected chi connectivity index (χ4v) is 2.70. The predicted octanol–water partition coefficient (Wildman–Crippen LogP) is 3.26. The first-order chi connectivity index (χ1) is 11.7. The predicted molar refractivity (Wildman–Crippen MR) is 92.5 cm³/mol. The molecule has 0 aliphatic carbocycles. The lowest BCUT2D eigenvalue weighted by molar-refractivity contribution is 0.0952. The van der Waals surface area contributed by atoms with Crippen LogP contribution in [0, 0.1) is 6.92 Å². The number of aryl methyl sites for hydroxylation is 2. The Morgan fingerprint density at radius 2 is 2.33 bits per heavy atom. The standard InChI is InChI=1S/C17H18N4O2S/c1-13-11-20-21(12-13)8-3-6-18-16(22)14-4-2-5-15(10-14)23-17-19-7-9-24-17/h2,4-5,7,9-12H,3,6,8H2,1H3,(H,18,22). The highest BCUT2D eigenvalue weighted by molar-refractivity contribution is 7.11. The Kier molecular flexibility index (Phi) is 5.22. The summed E-state index contributed by atoms with van der Waals surface area (Å²) in [7, 11) is 0. The minimum Gasteiger partial charge on any atom is -0.431 e. The molecule has 0 bridgehead atoms. The number of hydrogen-bond donors (Lipinski definition) is 1. The van der Waals surface area contributed by atoms with E-state index in [1.807, 2.05) is 29.4 Å². The number of nitrogens with zero attached hydrogens (tertiary/aromatic N) is 3. The number of carbonyl (C=O) groups excluding carboxylic acids is 1. The van der Waals surface area contributed by atoms with E-state index in [4.69, 9.17) is 4.74 Å². The molecular weight excluding hydrogens is 324 g/mol. The van der Waals surface area contributed by atoms with Crippen LogP contribution in [-0.4, -0.2) is 27.2 Å². The molecule has 3 aromatic rings. The molecule has 3 rings (SSSR count). The Labute approximate surface area is 144 Å². The van der Waals surface area contributed by atoms with Crippen molar-refractivity contribution in [3.05, 3.63) is 59.4 Å². The highest BCUT2D eigenvalue weighted by atomic mass is 32.1. The quantitative estimate of drug-likeness (QED) is 0.669. The van der Waals surface area contributed by atoms with Crippen LogP contribution in [-0.2, 0) is 6.54 Å². The van der Waals surface area contributed by atoms with Gasteiger partial charge in [-0.15, -0.1) is 0 Å². The fraction of sp³-hybridized carbons (Fsp3) is 0.235. The molecule has 0 saturated heterocycles. The maximum absolute atomic E-state index is 12.2. The molecule has 1 amide bonds. The third kappa shape index (κ3) is 4.42. The van der Waals surface area contributed by atoms with E-state index >= 15 is 0 Å². The van der Waals surface area contributed by atoms with E-state index in [2.05, 4.69) is 15.4 Å². The fourth-order valence-electron chi connectivity index (χ4n) is 2.20. The summed E-state index contributed by atoms with van der Waals surface area (Å²) < 4.78 is 7.49. The van der Waals surface area contributed by atoms with Gasteiger partial charge in [0.15, 0.2) is 0 Å². The highest BCUT2D eigenvalue weighted by Gasteiger charge is 2.07. The summed E-state index contributed by atoms with van der Waals surface area (Å²) in [5.74, 6) is 0.487. The Balaban J connectivity index is 1.49. The topological polar surface area (TPSA) is 69.0 Å². The van der Waals surface area contributed by atoms with Crippen LogP contribution in [0.3, 0.4) is 0 Å². The molecule has 0 aliphatic rings. The van der Waals surface area contributed by atoms with Gasteiger partial charge >= 0.3 is 0 Å². The van der Waals surface area contributed by atoms with Gasteiger partial charge in [0.25, 0.3) is 11.1 Å². The summed E-state index contributed by atoms with van der Waals surface area (Å²) in [5.41, 5.74) is 1.70. The lowest BCUT2D eigenvalue weighted by Gasteiger charge is -2.07. The molecule has 0 aliphatic heterocycles. The molecule has 0 fully saturated rings. The summed E-state index contributed by atoms with van der Waals surface area (Å²) in [6.07, 6.45) is 6.31. The Hall–Kier alpha value is -2.67. The van der Waals surface area contributed by atoms with Gasteiger partial charge in [-0.2, -0.15) is 5.10 Å². The van der Waals surface area contributed by atoms with Crippen LogP contribution < -0.4 is 10.1 Å². The van der Waals surface area contributed by atoms with Gasteiger partial charge in [-0.1, -0.05) is 17.4 Å². The van der Waals surface area contributed by atoms with E-state index in [0.717, 1.165) is 18.5 Å². The van der Waals surface area contributed by atoms with Gasteiger partial charge < -0.3 is 10.1 Å². The number of amides is 1. The minimum absolute atomic E-state index is 0.115. The molecular formula is C17H18N4O2S. The van der Waals surface area contributed by atoms with Crippen molar-refractivity contribution < 1.29 is 9.53 Å². The van der Waals surface area contributed by atoms with Gasteiger partial charge in [-0.3, -0.25) is 9.48 Å². The van der Waals surface area contributed by atoms with Crippen molar-refractivity contribution in [1.82, 2.24) is 20.1 Å². The number of benzene rings is 1. The van der Waals surface area contributed by atoms with Gasteiger partial charge in [0.2, 0.25) is 0 Å². The van der Waals surface area contributed by atoms with E-state index in [1.165, 1.54) is 11.3 Å². The normalized spacial score (nSPS) is 10.5. The molecule has 0 saturated carbocycles. The number of carbonyl (C=O) groups is 1. The first-order valence-corrected chi connectivity index (χ1v) is 8.53. The van der Waals surface area contributed by atoms with Gasteiger partial charge in [0.1, 0.15) is 5.75 Å². The van der Waals surface area contributed by atoms with E-state index in [1.54, 1.807) is 30.5 Å². The third-order valence-electron chi connectivity index (χ3n) is 3.32. The van der Waals surface area contributed by atoms with Crippen molar-refractivity contribution >= 4 is 17.2 Å². The van der Waals surface area contributed by atoms with E-state index in [0.29, 0.717) is 23.1 Å². The van der Waals surface area contributed by atoms with Crippen LogP contribution >= 0.6 is 11.3 Å².